The third-order valence-electron chi connectivity index (χ3n) is 4.64. The van der Waals surface area contributed by atoms with Crippen molar-refractivity contribution in [2.45, 2.75) is 32.9 Å². The Hall–Kier alpha value is -2.80. The number of allylic oxidation sites excluding steroid dienone is 1. The van der Waals surface area contributed by atoms with Gasteiger partial charge in [-0.1, -0.05) is 38.1 Å². The van der Waals surface area contributed by atoms with Crippen molar-refractivity contribution in [3.8, 4) is 16.9 Å². The molecule has 3 nitrogen and oxygen atoms in total. The summed E-state index contributed by atoms with van der Waals surface area (Å²) in [6, 6.07) is 12.8. The number of hydrogen-bond acceptors (Lipinski definition) is 3. The average Bonchev–Trinajstić information content (AvgIpc) is 3.09. The lowest BCUT2D eigenvalue weighted by Gasteiger charge is -2.16. The normalized spacial score (nSPS) is 12.6. The Morgan fingerprint density at radius 3 is 2.53 bits per heavy atom. The van der Waals surface area contributed by atoms with Crippen LogP contribution in [0.25, 0.3) is 26.8 Å². The Kier molecular flexibility index (Phi) is 6.22. The van der Waals surface area contributed by atoms with E-state index in [-0.39, 0.29) is 11.7 Å². The van der Waals surface area contributed by atoms with Crippen LogP contribution in [-0.2, 0) is 4.79 Å². The fourth-order valence-electron chi connectivity index (χ4n) is 3.15. The maximum atomic E-state index is 12.8. The van der Waals surface area contributed by atoms with Crippen LogP contribution in [0.15, 0.2) is 48.5 Å². The van der Waals surface area contributed by atoms with E-state index in [1.165, 1.54) is 11.3 Å². The standard InChI is InChI=1S/C23H21F3O3S/c1-13(2)15-7-8-17(19(10-15)29-12-23(24,25)26)16-5-4-6-20-18(16)11-21(30-20)14(3)9-22(27)28/h4-11,13H,12H2,1-3H3,(H,27,28)/b14-9-. The molecule has 7 heteroatoms. The molecule has 1 heterocycles. The lowest BCUT2D eigenvalue weighted by molar-refractivity contribution is -0.153. The second kappa shape index (κ2) is 8.52. The number of alkyl halides is 3. The number of ether oxygens (including phenoxy) is 1. The fraction of sp³-hybridized carbons (Fsp3) is 0.261. The molecule has 3 aromatic rings. The van der Waals surface area contributed by atoms with Gasteiger partial charge >= 0.3 is 12.1 Å². The summed E-state index contributed by atoms with van der Waals surface area (Å²) < 4.78 is 44.5. The number of aliphatic carboxylic acids is 1. The van der Waals surface area contributed by atoms with Gasteiger partial charge < -0.3 is 9.84 Å². The summed E-state index contributed by atoms with van der Waals surface area (Å²) >= 11 is 1.44. The van der Waals surface area contributed by atoms with Gasteiger partial charge in [0.2, 0.25) is 0 Å². The third kappa shape index (κ3) is 5.02. The first-order chi connectivity index (χ1) is 14.0. The summed E-state index contributed by atoms with van der Waals surface area (Å²) in [5.41, 5.74) is 2.80. The number of hydrogen-bond donors (Lipinski definition) is 1. The van der Waals surface area contributed by atoms with E-state index < -0.39 is 18.8 Å². The molecule has 0 radical (unpaired) electrons. The van der Waals surface area contributed by atoms with E-state index >= 15 is 0 Å². The van der Waals surface area contributed by atoms with Crippen molar-refractivity contribution in [2.24, 2.45) is 0 Å². The number of benzene rings is 2. The Labute approximate surface area is 176 Å². The number of carboxylic acid groups (broad SMARTS) is 1. The van der Waals surface area contributed by atoms with Gasteiger partial charge in [-0.05, 0) is 47.7 Å². The zero-order valence-corrected chi connectivity index (χ0v) is 17.5. The minimum Gasteiger partial charge on any atom is -0.483 e. The van der Waals surface area contributed by atoms with E-state index in [4.69, 9.17) is 9.84 Å². The van der Waals surface area contributed by atoms with E-state index in [2.05, 4.69) is 0 Å². The number of fused-ring (bicyclic) bond motifs is 1. The van der Waals surface area contributed by atoms with Gasteiger partial charge in [-0.3, -0.25) is 0 Å². The zero-order valence-electron chi connectivity index (χ0n) is 16.7. The molecule has 1 N–H and O–H groups in total. The maximum absolute atomic E-state index is 12.8. The second-order valence-electron chi connectivity index (χ2n) is 7.31. The molecular formula is C23H21F3O3S. The van der Waals surface area contributed by atoms with Crippen LogP contribution in [0, 0.1) is 0 Å². The lowest BCUT2D eigenvalue weighted by atomic mass is 9.96. The fourth-order valence-corrected chi connectivity index (χ4v) is 4.21. The summed E-state index contributed by atoms with van der Waals surface area (Å²) in [5.74, 6) is -0.714. The quantitative estimate of drug-likeness (QED) is 0.420. The molecule has 0 aliphatic heterocycles. The van der Waals surface area contributed by atoms with Crippen LogP contribution in [0.5, 0.6) is 5.75 Å². The number of thiophene rings is 1. The molecule has 0 saturated carbocycles. The van der Waals surface area contributed by atoms with E-state index in [9.17, 15) is 18.0 Å². The highest BCUT2D eigenvalue weighted by atomic mass is 32.1. The lowest BCUT2D eigenvalue weighted by Crippen LogP contribution is -2.19. The Balaban J connectivity index is 2.14. The predicted molar refractivity (Wildman–Crippen MR) is 114 cm³/mol. The molecule has 1 aromatic heterocycles. The molecule has 158 valence electrons. The molecule has 0 fully saturated rings. The molecule has 2 aromatic carbocycles. The van der Waals surface area contributed by atoms with Crippen LogP contribution in [0.2, 0.25) is 0 Å². The number of carbonyl (C=O) groups is 1. The van der Waals surface area contributed by atoms with Crippen LogP contribution >= 0.6 is 11.3 Å². The predicted octanol–water partition coefficient (Wildman–Crippen LogP) is 7.12. The van der Waals surface area contributed by atoms with Gasteiger partial charge in [-0.25, -0.2) is 4.79 Å². The van der Waals surface area contributed by atoms with Crippen molar-refractivity contribution >= 4 is 33.0 Å². The van der Waals surface area contributed by atoms with Gasteiger partial charge in [0, 0.05) is 26.6 Å². The molecule has 0 unspecified atom stereocenters. The van der Waals surface area contributed by atoms with Gasteiger partial charge in [-0.15, -0.1) is 11.3 Å². The SMILES string of the molecule is C/C(=C/C(=O)O)c1cc2c(-c3ccc(C(C)C)cc3OCC(F)(F)F)cccc2s1. The van der Waals surface area contributed by atoms with Crippen LogP contribution < -0.4 is 4.74 Å². The Morgan fingerprint density at radius 2 is 1.90 bits per heavy atom. The summed E-state index contributed by atoms with van der Waals surface area (Å²) in [4.78, 5) is 11.8. The van der Waals surface area contributed by atoms with Crippen LogP contribution in [-0.4, -0.2) is 23.9 Å². The molecule has 0 amide bonds. The van der Waals surface area contributed by atoms with Crippen molar-refractivity contribution in [3.05, 3.63) is 59.0 Å². The van der Waals surface area contributed by atoms with Crippen molar-refractivity contribution in [2.75, 3.05) is 6.61 Å². The second-order valence-corrected chi connectivity index (χ2v) is 8.39. The summed E-state index contributed by atoms with van der Waals surface area (Å²) in [5, 5.41) is 9.84. The smallest absolute Gasteiger partial charge is 0.422 e. The molecular weight excluding hydrogens is 413 g/mol. The minimum atomic E-state index is -4.44. The van der Waals surface area contributed by atoms with Crippen LogP contribution in [0.1, 0.15) is 37.1 Å². The minimum absolute atomic E-state index is 0.139. The molecule has 0 aliphatic rings. The first-order valence-corrected chi connectivity index (χ1v) is 10.1. The Morgan fingerprint density at radius 1 is 1.17 bits per heavy atom. The molecule has 0 spiro atoms. The molecule has 0 aliphatic carbocycles. The van der Waals surface area contributed by atoms with Gasteiger partial charge in [0.1, 0.15) is 5.75 Å². The highest BCUT2D eigenvalue weighted by molar-refractivity contribution is 7.20. The maximum Gasteiger partial charge on any atom is 0.422 e. The molecule has 3 rings (SSSR count). The summed E-state index contributed by atoms with van der Waals surface area (Å²) in [6.07, 6.45) is -3.30. The van der Waals surface area contributed by atoms with Crippen molar-refractivity contribution in [1.29, 1.82) is 0 Å². The van der Waals surface area contributed by atoms with Crippen molar-refractivity contribution in [1.82, 2.24) is 0 Å². The van der Waals surface area contributed by atoms with E-state index in [1.807, 2.05) is 44.2 Å². The first-order valence-electron chi connectivity index (χ1n) is 9.33. The van der Waals surface area contributed by atoms with Crippen molar-refractivity contribution < 1.29 is 27.8 Å². The largest absolute Gasteiger partial charge is 0.483 e. The summed E-state index contributed by atoms with van der Waals surface area (Å²) in [6.45, 7) is 4.28. The Bertz CT molecular complexity index is 1110. The van der Waals surface area contributed by atoms with Crippen LogP contribution in [0.3, 0.4) is 0 Å². The molecule has 30 heavy (non-hydrogen) atoms. The average molecular weight is 434 g/mol. The van der Waals surface area contributed by atoms with E-state index in [0.29, 0.717) is 11.1 Å². The number of rotatable bonds is 6. The van der Waals surface area contributed by atoms with Gasteiger partial charge in [0.15, 0.2) is 6.61 Å². The van der Waals surface area contributed by atoms with E-state index in [0.717, 1.165) is 32.2 Å². The topological polar surface area (TPSA) is 46.5 Å². The monoisotopic (exact) mass is 434 g/mol. The van der Waals surface area contributed by atoms with Gasteiger partial charge in [0.25, 0.3) is 0 Å². The van der Waals surface area contributed by atoms with Crippen LogP contribution in [0.4, 0.5) is 13.2 Å². The molecule has 0 atom stereocenters. The summed E-state index contributed by atoms with van der Waals surface area (Å²) in [7, 11) is 0. The van der Waals surface area contributed by atoms with Gasteiger partial charge in [0.05, 0.1) is 0 Å². The van der Waals surface area contributed by atoms with Gasteiger partial charge in [-0.2, -0.15) is 13.2 Å². The number of halogens is 3. The van der Waals surface area contributed by atoms with E-state index in [1.54, 1.807) is 19.1 Å². The third-order valence-corrected chi connectivity index (χ3v) is 5.88. The highest BCUT2D eigenvalue weighted by Gasteiger charge is 2.29. The zero-order chi connectivity index (χ0) is 22.1. The number of carboxylic acids is 1. The highest BCUT2D eigenvalue weighted by Crippen LogP contribution is 2.41. The molecule has 0 saturated heterocycles. The van der Waals surface area contributed by atoms with Crippen molar-refractivity contribution in [3.63, 3.8) is 0 Å². The molecule has 0 bridgehead atoms. The first kappa shape index (κ1) is 21.9.